The summed E-state index contributed by atoms with van der Waals surface area (Å²) < 4.78 is 5.32. The molecule has 0 bridgehead atoms. The van der Waals surface area contributed by atoms with Crippen molar-refractivity contribution in [2.45, 2.75) is 39.3 Å². The molecule has 2 aromatic heterocycles. The van der Waals surface area contributed by atoms with Crippen molar-refractivity contribution in [1.82, 2.24) is 25.2 Å². The number of carbonyl (C=O) groups excluding carboxylic acids is 1. The lowest BCUT2D eigenvalue weighted by molar-refractivity contribution is 0.139. The summed E-state index contributed by atoms with van der Waals surface area (Å²) in [5.74, 6) is 0.508. The summed E-state index contributed by atoms with van der Waals surface area (Å²) in [6.45, 7) is 6.60. The van der Waals surface area contributed by atoms with Crippen molar-refractivity contribution >= 4 is 11.8 Å². The number of nitrogens with zero attached hydrogens (tertiary/aromatic N) is 6. The summed E-state index contributed by atoms with van der Waals surface area (Å²) in [6, 6.07) is 11.8. The molecule has 1 saturated heterocycles. The topological polar surface area (TPSA) is 86.0 Å². The molecule has 8 heteroatoms. The summed E-state index contributed by atoms with van der Waals surface area (Å²) in [5, 5.41) is 12.4. The van der Waals surface area contributed by atoms with Crippen molar-refractivity contribution in [2.24, 2.45) is 0 Å². The summed E-state index contributed by atoms with van der Waals surface area (Å²) >= 11 is 0. The second-order valence-electron chi connectivity index (χ2n) is 7.03. The summed E-state index contributed by atoms with van der Waals surface area (Å²) in [5.41, 5.74) is 3.50. The Morgan fingerprint density at radius 3 is 2.46 bits per heavy atom. The highest BCUT2D eigenvalue weighted by Crippen LogP contribution is 2.27. The number of rotatable bonds is 5. The van der Waals surface area contributed by atoms with Gasteiger partial charge in [-0.1, -0.05) is 25.1 Å². The van der Waals surface area contributed by atoms with E-state index in [0.29, 0.717) is 18.1 Å². The number of ether oxygens (including phenoxy) is 1. The first-order chi connectivity index (χ1) is 13.5. The molecule has 3 heterocycles. The number of aromatic nitrogens is 5. The Morgan fingerprint density at radius 2 is 1.89 bits per heavy atom. The van der Waals surface area contributed by atoms with Crippen LogP contribution in [-0.2, 0) is 4.74 Å². The number of hydrogen-bond donors (Lipinski definition) is 0. The fourth-order valence-electron chi connectivity index (χ4n) is 3.02. The van der Waals surface area contributed by atoms with Crippen LogP contribution in [0.15, 0.2) is 42.6 Å². The zero-order valence-corrected chi connectivity index (χ0v) is 16.1. The smallest absolute Gasteiger partial charge is 0.414 e. The van der Waals surface area contributed by atoms with Gasteiger partial charge in [-0.25, -0.2) is 4.79 Å². The van der Waals surface area contributed by atoms with Crippen molar-refractivity contribution in [3.63, 3.8) is 0 Å². The van der Waals surface area contributed by atoms with Gasteiger partial charge in [0.25, 0.3) is 0 Å². The maximum atomic E-state index is 12.0. The molecule has 1 aliphatic rings. The molecule has 0 aliphatic carbocycles. The van der Waals surface area contributed by atoms with Gasteiger partial charge in [0.15, 0.2) is 0 Å². The van der Waals surface area contributed by atoms with Crippen LogP contribution in [0, 0.1) is 0 Å². The third-order valence-electron chi connectivity index (χ3n) is 4.72. The molecule has 4 rings (SSSR count). The Bertz CT molecular complexity index is 965. The fourth-order valence-corrected chi connectivity index (χ4v) is 3.02. The largest absolute Gasteiger partial charge is 0.444 e. The van der Waals surface area contributed by atoms with Gasteiger partial charge in [0.05, 0.1) is 12.6 Å². The molecule has 1 aromatic carbocycles. The highest BCUT2D eigenvalue weighted by Gasteiger charge is 2.30. The van der Waals surface area contributed by atoms with Gasteiger partial charge in [-0.05, 0) is 49.2 Å². The molecule has 8 nitrogen and oxygen atoms in total. The average molecular weight is 378 g/mol. The van der Waals surface area contributed by atoms with Crippen LogP contribution < -0.4 is 4.90 Å². The SMILES string of the molecule is CCC1CN(c2ccc(-c3ccc(-c4nnn(C(C)C)n4)nc3)cc2)C(=O)O1. The normalized spacial score (nSPS) is 16.6. The van der Waals surface area contributed by atoms with Gasteiger partial charge in [-0.15, -0.1) is 10.2 Å². The van der Waals surface area contributed by atoms with Crippen LogP contribution in [0.5, 0.6) is 0 Å². The third kappa shape index (κ3) is 3.45. The Hall–Kier alpha value is -3.29. The molecular weight excluding hydrogens is 356 g/mol. The highest BCUT2D eigenvalue weighted by atomic mass is 16.6. The lowest BCUT2D eigenvalue weighted by Gasteiger charge is -2.13. The van der Waals surface area contributed by atoms with Crippen molar-refractivity contribution in [3.8, 4) is 22.6 Å². The quantitative estimate of drug-likeness (QED) is 0.673. The molecule has 1 atom stereocenters. The van der Waals surface area contributed by atoms with Crippen molar-refractivity contribution < 1.29 is 9.53 Å². The van der Waals surface area contributed by atoms with Crippen LogP contribution in [-0.4, -0.2) is 43.9 Å². The number of hydrogen-bond acceptors (Lipinski definition) is 6. The molecule has 0 radical (unpaired) electrons. The van der Waals surface area contributed by atoms with Crippen LogP contribution in [0.2, 0.25) is 0 Å². The Labute approximate surface area is 163 Å². The van der Waals surface area contributed by atoms with E-state index >= 15 is 0 Å². The molecule has 0 spiro atoms. The minimum absolute atomic E-state index is 0.0359. The van der Waals surface area contributed by atoms with Gasteiger partial charge >= 0.3 is 6.09 Å². The number of pyridine rings is 1. The summed E-state index contributed by atoms with van der Waals surface area (Å²) in [6.07, 6.45) is 2.29. The Balaban J connectivity index is 1.51. The predicted octanol–water partition coefficient (Wildman–Crippen LogP) is 3.72. The van der Waals surface area contributed by atoms with Crippen LogP contribution >= 0.6 is 0 Å². The molecule has 0 saturated carbocycles. The second kappa shape index (κ2) is 7.38. The molecule has 3 aromatic rings. The van der Waals surface area contributed by atoms with Crippen LogP contribution in [0.25, 0.3) is 22.6 Å². The Kier molecular flexibility index (Phi) is 4.77. The Morgan fingerprint density at radius 1 is 1.14 bits per heavy atom. The van der Waals surface area contributed by atoms with Gasteiger partial charge < -0.3 is 4.74 Å². The monoisotopic (exact) mass is 378 g/mol. The molecule has 1 aliphatic heterocycles. The second-order valence-corrected chi connectivity index (χ2v) is 7.03. The molecular formula is C20H22N6O2. The summed E-state index contributed by atoms with van der Waals surface area (Å²) in [4.78, 5) is 19.7. The van der Waals surface area contributed by atoms with E-state index in [9.17, 15) is 4.79 Å². The van der Waals surface area contributed by atoms with Gasteiger partial charge in [-0.2, -0.15) is 4.80 Å². The van der Waals surface area contributed by atoms with E-state index in [0.717, 1.165) is 23.2 Å². The first-order valence-electron chi connectivity index (χ1n) is 9.39. The van der Waals surface area contributed by atoms with E-state index in [1.165, 1.54) is 0 Å². The van der Waals surface area contributed by atoms with Crippen molar-refractivity contribution in [2.75, 3.05) is 11.4 Å². The van der Waals surface area contributed by atoms with Crippen LogP contribution in [0.4, 0.5) is 10.5 Å². The zero-order valence-electron chi connectivity index (χ0n) is 16.1. The lowest BCUT2D eigenvalue weighted by atomic mass is 10.1. The van der Waals surface area contributed by atoms with Crippen molar-refractivity contribution in [1.29, 1.82) is 0 Å². The van der Waals surface area contributed by atoms with Gasteiger partial charge in [0.1, 0.15) is 11.8 Å². The first-order valence-corrected chi connectivity index (χ1v) is 9.39. The molecule has 1 amide bonds. The molecule has 1 fully saturated rings. The van der Waals surface area contributed by atoms with E-state index in [-0.39, 0.29) is 18.2 Å². The van der Waals surface area contributed by atoms with Gasteiger partial charge in [0, 0.05) is 17.4 Å². The first kappa shape index (κ1) is 18.1. The number of anilines is 1. The van der Waals surface area contributed by atoms with E-state index in [2.05, 4.69) is 20.4 Å². The minimum atomic E-state index is -0.285. The number of benzene rings is 1. The van der Waals surface area contributed by atoms with Crippen LogP contribution in [0.1, 0.15) is 33.2 Å². The molecule has 144 valence electrons. The van der Waals surface area contributed by atoms with Gasteiger partial charge in [-0.3, -0.25) is 9.88 Å². The predicted molar refractivity (Wildman–Crippen MR) is 105 cm³/mol. The van der Waals surface area contributed by atoms with E-state index < -0.39 is 0 Å². The highest BCUT2D eigenvalue weighted by molar-refractivity contribution is 5.90. The molecule has 1 unspecified atom stereocenters. The van der Waals surface area contributed by atoms with E-state index in [4.69, 9.17) is 4.74 Å². The van der Waals surface area contributed by atoms with Crippen molar-refractivity contribution in [3.05, 3.63) is 42.6 Å². The summed E-state index contributed by atoms with van der Waals surface area (Å²) in [7, 11) is 0. The lowest BCUT2D eigenvalue weighted by Crippen LogP contribution is -2.24. The molecule has 0 N–H and O–H groups in total. The van der Waals surface area contributed by atoms with Gasteiger partial charge in [0.2, 0.25) is 5.82 Å². The number of amides is 1. The molecule has 28 heavy (non-hydrogen) atoms. The van der Waals surface area contributed by atoms with E-state index in [1.807, 2.05) is 57.2 Å². The zero-order chi connectivity index (χ0) is 19.7. The maximum absolute atomic E-state index is 12.0. The maximum Gasteiger partial charge on any atom is 0.414 e. The number of cyclic esters (lactones) is 1. The average Bonchev–Trinajstić information content (AvgIpc) is 3.35. The minimum Gasteiger partial charge on any atom is -0.444 e. The third-order valence-corrected chi connectivity index (χ3v) is 4.72. The standard InChI is InChI=1S/C20H22N6O2/c1-4-17-12-25(20(27)28-17)16-8-5-14(6-9-16)15-7-10-18(21-11-15)19-22-24-26(23-19)13(2)3/h5-11,13,17H,4,12H2,1-3H3. The van der Waals surface area contributed by atoms with Crippen LogP contribution in [0.3, 0.4) is 0 Å². The van der Waals surface area contributed by atoms with E-state index in [1.54, 1.807) is 15.9 Å². The number of carbonyl (C=O) groups is 1. The number of tetrazole rings is 1. The fraction of sp³-hybridized carbons (Fsp3) is 0.350.